The first-order chi connectivity index (χ1) is 16.6. The Kier molecular flexibility index (Phi) is 5.00. The van der Waals surface area contributed by atoms with E-state index in [0.29, 0.717) is 30.1 Å². The van der Waals surface area contributed by atoms with Crippen molar-refractivity contribution in [3.8, 4) is 0 Å². The first-order valence-electron chi connectivity index (χ1n) is 11.6. The van der Waals surface area contributed by atoms with Crippen LogP contribution in [-0.4, -0.2) is 59.1 Å². The molecule has 35 heavy (non-hydrogen) atoms. The molecule has 12 heteroatoms. The molecule has 1 aliphatic heterocycles. The summed E-state index contributed by atoms with van der Waals surface area (Å²) in [6.45, 7) is 4.43. The Bertz CT molecular complexity index is 1650. The Balaban J connectivity index is 1.39. The topological polar surface area (TPSA) is 119 Å². The average Bonchev–Trinajstić information content (AvgIpc) is 3.30. The summed E-state index contributed by atoms with van der Waals surface area (Å²) in [5.74, 6) is 0.638. The van der Waals surface area contributed by atoms with E-state index < -0.39 is 20.0 Å². The van der Waals surface area contributed by atoms with Crippen LogP contribution in [0.25, 0.3) is 16.7 Å². The fourth-order valence-corrected chi connectivity index (χ4v) is 7.72. The maximum atomic E-state index is 13.3. The van der Waals surface area contributed by atoms with Gasteiger partial charge in [-0.15, -0.1) is 0 Å². The summed E-state index contributed by atoms with van der Waals surface area (Å²) in [6.07, 6.45) is 6.92. The van der Waals surface area contributed by atoms with Crippen LogP contribution in [0.4, 0.5) is 5.95 Å². The van der Waals surface area contributed by atoms with Crippen molar-refractivity contribution in [2.45, 2.75) is 55.3 Å². The van der Waals surface area contributed by atoms with Crippen molar-refractivity contribution in [3.63, 3.8) is 0 Å². The SMILES string of the molecule is Cc1ccc(S(=O)(=O)n2ccc3c2ncc2cnc(N4C[C@@H](NS(=O)(=O)C5CC5)C[C@H]4C)n23)cc1. The Hall–Kier alpha value is -2.96. The highest BCUT2D eigenvalue weighted by Gasteiger charge is 2.40. The second-order valence-corrected chi connectivity index (χ2v) is 13.3. The van der Waals surface area contributed by atoms with Gasteiger partial charge in [-0.25, -0.2) is 35.5 Å². The van der Waals surface area contributed by atoms with Gasteiger partial charge in [0, 0.05) is 24.8 Å². The zero-order valence-corrected chi connectivity index (χ0v) is 21.0. The Morgan fingerprint density at radius 3 is 2.43 bits per heavy atom. The molecule has 1 saturated carbocycles. The van der Waals surface area contributed by atoms with E-state index >= 15 is 0 Å². The summed E-state index contributed by atoms with van der Waals surface area (Å²) in [7, 11) is -7.12. The molecule has 3 aromatic heterocycles. The molecule has 4 aromatic rings. The predicted octanol–water partition coefficient (Wildman–Crippen LogP) is 2.28. The van der Waals surface area contributed by atoms with Gasteiger partial charge in [0.1, 0.15) is 0 Å². The van der Waals surface area contributed by atoms with Gasteiger partial charge in [0.2, 0.25) is 16.0 Å². The van der Waals surface area contributed by atoms with E-state index in [1.165, 1.54) is 10.2 Å². The number of anilines is 1. The summed E-state index contributed by atoms with van der Waals surface area (Å²) in [6, 6.07) is 8.28. The summed E-state index contributed by atoms with van der Waals surface area (Å²) >= 11 is 0. The Morgan fingerprint density at radius 1 is 1.00 bits per heavy atom. The molecule has 6 rings (SSSR count). The van der Waals surface area contributed by atoms with Crippen molar-refractivity contribution < 1.29 is 16.8 Å². The van der Waals surface area contributed by atoms with Crippen LogP contribution in [-0.2, 0) is 20.0 Å². The molecule has 1 N–H and O–H groups in total. The minimum atomic E-state index is -3.83. The van der Waals surface area contributed by atoms with Crippen molar-refractivity contribution in [2.75, 3.05) is 11.4 Å². The molecule has 184 valence electrons. The van der Waals surface area contributed by atoms with Crippen LogP contribution >= 0.6 is 0 Å². The number of hydrogen-bond acceptors (Lipinski definition) is 7. The number of nitrogens with one attached hydrogen (secondary N) is 1. The number of benzene rings is 1. The van der Waals surface area contributed by atoms with Crippen molar-refractivity contribution in [2.24, 2.45) is 0 Å². The Labute approximate surface area is 203 Å². The number of aromatic nitrogens is 4. The molecular formula is C23H26N6O4S2. The molecule has 0 spiro atoms. The predicted molar refractivity (Wildman–Crippen MR) is 133 cm³/mol. The van der Waals surface area contributed by atoms with Crippen LogP contribution in [0.3, 0.4) is 0 Å². The van der Waals surface area contributed by atoms with Gasteiger partial charge in [0.15, 0.2) is 5.65 Å². The van der Waals surface area contributed by atoms with E-state index in [1.807, 2.05) is 18.2 Å². The van der Waals surface area contributed by atoms with Crippen molar-refractivity contribution in [1.82, 2.24) is 23.1 Å². The van der Waals surface area contributed by atoms with E-state index in [1.54, 1.807) is 42.7 Å². The van der Waals surface area contributed by atoms with Gasteiger partial charge in [-0.05, 0) is 51.3 Å². The van der Waals surface area contributed by atoms with Crippen LogP contribution < -0.4 is 9.62 Å². The zero-order valence-electron chi connectivity index (χ0n) is 19.4. The summed E-state index contributed by atoms with van der Waals surface area (Å²) in [4.78, 5) is 11.3. The largest absolute Gasteiger partial charge is 0.338 e. The number of fused-ring (bicyclic) bond motifs is 3. The monoisotopic (exact) mass is 514 g/mol. The zero-order chi connectivity index (χ0) is 24.5. The molecule has 10 nitrogen and oxygen atoms in total. The molecule has 0 amide bonds. The number of sulfonamides is 1. The van der Waals surface area contributed by atoms with E-state index in [0.717, 1.165) is 23.9 Å². The van der Waals surface area contributed by atoms with Gasteiger partial charge in [0.25, 0.3) is 10.0 Å². The minimum absolute atomic E-state index is 0.0501. The average molecular weight is 515 g/mol. The lowest BCUT2D eigenvalue weighted by Crippen LogP contribution is -2.39. The highest BCUT2D eigenvalue weighted by atomic mass is 32.2. The maximum Gasteiger partial charge on any atom is 0.269 e. The number of aryl methyl sites for hydroxylation is 1. The van der Waals surface area contributed by atoms with Gasteiger partial charge in [0.05, 0.1) is 33.6 Å². The van der Waals surface area contributed by atoms with Crippen molar-refractivity contribution in [1.29, 1.82) is 0 Å². The normalized spacial score (nSPS) is 21.4. The second-order valence-electron chi connectivity index (χ2n) is 9.51. The maximum absolute atomic E-state index is 13.3. The second kappa shape index (κ2) is 7.77. The highest BCUT2D eigenvalue weighted by molar-refractivity contribution is 7.90. The third kappa shape index (κ3) is 3.71. The van der Waals surface area contributed by atoms with Gasteiger partial charge in [-0.2, -0.15) is 0 Å². The molecule has 0 bridgehead atoms. The standard InChI is InChI=1S/C23H26N6O4S2/c1-15-3-5-20(6-4-15)35(32,33)28-10-9-21-22(28)24-12-18-13-25-23(29(18)21)27-14-17(11-16(27)2)26-34(30,31)19-7-8-19/h3-6,9-10,12-13,16-17,19,26H,7-8,11,14H2,1-2H3/t16-,17+/m1/s1. The molecule has 0 unspecified atom stereocenters. The molecule has 2 aliphatic rings. The van der Waals surface area contributed by atoms with E-state index in [9.17, 15) is 16.8 Å². The van der Waals surface area contributed by atoms with Crippen LogP contribution in [0.5, 0.6) is 0 Å². The van der Waals surface area contributed by atoms with Gasteiger partial charge in [-0.1, -0.05) is 17.7 Å². The number of nitrogens with zero attached hydrogens (tertiary/aromatic N) is 5. The highest BCUT2D eigenvalue weighted by Crippen LogP contribution is 2.32. The summed E-state index contributed by atoms with van der Waals surface area (Å²) in [5, 5.41) is -0.264. The molecule has 2 fully saturated rings. The fourth-order valence-electron chi connectivity index (χ4n) is 4.84. The molecule has 0 radical (unpaired) electrons. The molecular weight excluding hydrogens is 488 g/mol. The lowest BCUT2D eigenvalue weighted by molar-refractivity contribution is 0.556. The Morgan fingerprint density at radius 2 is 1.71 bits per heavy atom. The van der Waals surface area contributed by atoms with Crippen LogP contribution in [0.1, 0.15) is 31.7 Å². The number of imidazole rings is 1. The molecule has 1 aromatic carbocycles. The van der Waals surface area contributed by atoms with Crippen molar-refractivity contribution >= 4 is 42.7 Å². The fraction of sp³-hybridized carbons (Fsp3) is 0.391. The molecule has 1 saturated heterocycles. The van der Waals surface area contributed by atoms with Crippen LogP contribution in [0.15, 0.2) is 53.8 Å². The minimum Gasteiger partial charge on any atom is -0.338 e. The van der Waals surface area contributed by atoms with Crippen molar-refractivity contribution in [3.05, 3.63) is 54.5 Å². The first-order valence-corrected chi connectivity index (χ1v) is 14.6. The lowest BCUT2D eigenvalue weighted by Gasteiger charge is -2.22. The van der Waals surface area contributed by atoms with Gasteiger partial charge < -0.3 is 4.90 Å². The third-order valence-corrected chi connectivity index (χ3v) is 10.5. The van der Waals surface area contributed by atoms with E-state index in [4.69, 9.17) is 0 Å². The number of hydrogen-bond donors (Lipinski definition) is 1. The molecule has 2 atom stereocenters. The smallest absolute Gasteiger partial charge is 0.269 e. The van der Waals surface area contributed by atoms with Crippen LogP contribution in [0.2, 0.25) is 0 Å². The van der Waals surface area contributed by atoms with Gasteiger partial charge >= 0.3 is 0 Å². The van der Waals surface area contributed by atoms with E-state index in [-0.39, 0.29) is 22.2 Å². The van der Waals surface area contributed by atoms with E-state index in [2.05, 4.69) is 19.6 Å². The summed E-state index contributed by atoms with van der Waals surface area (Å²) < 4.78 is 57.5. The first kappa shape index (κ1) is 22.5. The molecule has 1 aliphatic carbocycles. The molecule has 4 heterocycles. The van der Waals surface area contributed by atoms with Gasteiger partial charge in [-0.3, -0.25) is 4.40 Å². The number of rotatable bonds is 6. The summed E-state index contributed by atoms with van der Waals surface area (Å²) in [5.41, 5.74) is 2.61. The lowest BCUT2D eigenvalue weighted by atomic mass is 10.2. The van der Waals surface area contributed by atoms with Crippen LogP contribution in [0, 0.1) is 6.92 Å². The quantitative estimate of drug-likeness (QED) is 0.419. The third-order valence-electron chi connectivity index (χ3n) is 6.84.